The Labute approximate surface area is 118 Å². The number of nitrogens with one attached hydrogen (secondary N) is 1. The summed E-state index contributed by atoms with van der Waals surface area (Å²) in [6.07, 6.45) is 7.60. The monoisotopic (exact) mass is 266 g/mol. The Balaban J connectivity index is 2.42. The van der Waals surface area contributed by atoms with Gasteiger partial charge in [-0.15, -0.1) is 0 Å². The fourth-order valence-corrected chi connectivity index (χ4v) is 3.24. The summed E-state index contributed by atoms with van der Waals surface area (Å²) >= 11 is 0. The average molecular weight is 266 g/mol. The zero-order chi connectivity index (χ0) is 14.3. The van der Waals surface area contributed by atoms with Gasteiger partial charge >= 0.3 is 0 Å². The lowest BCUT2D eigenvalue weighted by molar-refractivity contribution is -0.0416. The summed E-state index contributed by atoms with van der Waals surface area (Å²) in [5, 5.41) is 12.5. The smallest absolute Gasteiger partial charge is 0.106 e. The molecule has 0 spiro atoms. The van der Waals surface area contributed by atoms with Crippen LogP contribution in [0.4, 0.5) is 0 Å². The van der Waals surface area contributed by atoms with Crippen molar-refractivity contribution < 1.29 is 4.74 Å². The van der Waals surface area contributed by atoms with Gasteiger partial charge in [-0.25, -0.2) is 0 Å². The molecule has 1 aliphatic rings. The topological polar surface area (TPSA) is 45.0 Å². The van der Waals surface area contributed by atoms with Gasteiger partial charge in [-0.2, -0.15) is 5.26 Å². The zero-order valence-electron chi connectivity index (χ0n) is 13.0. The second kappa shape index (κ2) is 7.87. The van der Waals surface area contributed by atoms with E-state index in [1.807, 2.05) is 13.8 Å². The van der Waals surface area contributed by atoms with Crippen molar-refractivity contribution in [1.82, 2.24) is 5.32 Å². The zero-order valence-corrected chi connectivity index (χ0v) is 13.0. The molecule has 0 aromatic carbocycles. The normalized spacial score (nSPS) is 28.4. The summed E-state index contributed by atoms with van der Waals surface area (Å²) < 4.78 is 6.18. The second-order valence-corrected chi connectivity index (χ2v) is 6.19. The minimum Gasteiger partial charge on any atom is -0.375 e. The number of nitriles is 1. The molecule has 0 heterocycles. The van der Waals surface area contributed by atoms with E-state index < -0.39 is 5.54 Å². The molecule has 0 bridgehead atoms. The van der Waals surface area contributed by atoms with Crippen molar-refractivity contribution in [3.63, 3.8) is 0 Å². The fourth-order valence-electron chi connectivity index (χ4n) is 3.24. The predicted molar refractivity (Wildman–Crippen MR) is 78.9 cm³/mol. The van der Waals surface area contributed by atoms with Crippen LogP contribution in [0.1, 0.15) is 66.2 Å². The molecule has 0 saturated heterocycles. The minimum absolute atomic E-state index is 0.143. The molecule has 0 radical (unpaired) electrons. The summed E-state index contributed by atoms with van der Waals surface area (Å²) in [4.78, 5) is 0. The van der Waals surface area contributed by atoms with Crippen LogP contribution in [0.15, 0.2) is 0 Å². The van der Waals surface area contributed by atoms with Crippen molar-refractivity contribution >= 4 is 0 Å². The van der Waals surface area contributed by atoms with Crippen molar-refractivity contribution in [1.29, 1.82) is 5.26 Å². The molecule has 19 heavy (non-hydrogen) atoms. The molecule has 1 aliphatic carbocycles. The van der Waals surface area contributed by atoms with Crippen LogP contribution in [-0.2, 0) is 4.74 Å². The first-order valence-corrected chi connectivity index (χ1v) is 7.84. The summed E-state index contributed by atoms with van der Waals surface area (Å²) in [6.45, 7) is 9.19. The molecular formula is C16H30N2O. The van der Waals surface area contributed by atoms with Gasteiger partial charge in [0.1, 0.15) is 5.54 Å². The largest absolute Gasteiger partial charge is 0.375 e. The SMILES string of the molecule is CCNC(C)(C#N)CC(C)OC1CCCC(CC)C1. The van der Waals surface area contributed by atoms with E-state index in [2.05, 4.69) is 25.2 Å². The van der Waals surface area contributed by atoms with Crippen molar-refractivity contribution in [2.24, 2.45) is 5.92 Å². The molecule has 3 heteroatoms. The van der Waals surface area contributed by atoms with Gasteiger partial charge in [0.15, 0.2) is 0 Å². The minimum atomic E-state index is -0.465. The van der Waals surface area contributed by atoms with E-state index >= 15 is 0 Å². The number of hydrogen-bond acceptors (Lipinski definition) is 3. The van der Waals surface area contributed by atoms with Gasteiger partial charge in [-0.3, -0.25) is 5.32 Å². The maximum atomic E-state index is 9.28. The third kappa shape index (κ3) is 5.50. The van der Waals surface area contributed by atoms with E-state index in [4.69, 9.17) is 4.74 Å². The molecule has 3 nitrogen and oxygen atoms in total. The number of nitrogens with zero attached hydrogens (tertiary/aromatic N) is 1. The second-order valence-electron chi connectivity index (χ2n) is 6.19. The molecule has 4 unspecified atom stereocenters. The molecule has 110 valence electrons. The summed E-state index contributed by atoms with van der Waals surface area (Å²) in [6, 6.07) is 2.38. The van der Waals surface area contributed by atoms with Crippen LogP contribution >= 0.6 is 0 Å². The molecular weight excluding hydrogens is 236 g/mol. The van der Waals surface area contributed by atoms with E-state index in [1.165, 1.54) is 32.1 Å². The Morgan fingerprint density at radius 2 is 2.16 bits per heavy atom. The Morgan fingerprint density at radius 1 is 1.42 bits per heavy atom. The molecule has 1 rings (SSSR count). The first-order valence-electron chi connectivity index (χ1n) is 7.84. The van der Waals surface area contributed by atoms with E-state index in [0.29, 0.717) is 6.10 Å². The van der Waals surface area contributed by atoms with Gasteiger partial charge in [-0.1, -0.05) is 33.1 Å². The predicted octanol–water partition coefficient (Wildman–Crippen LogP) is 3.64. The first kappa shape index (κ1) is 16.5. The average Bonchev–Trinajstić information content (AvgIpc) is 2.39. The Hall–Kier alpha value is -0.590. The third-order valence-corrected chi connectivity index (χ3v) is 4.25. The van der Waals surface area contributed by atoms with Crippen LogP contribution in [0.3, 0.4) is 0 Å². The van der Waals surface area contributed by atoms with Crippen LogP contribution in [0.2, 0.25) is 0 Å². The van der Waals surface area contributed by atoms with Gasteiger partial charge in [0.2, 0.25) is 0 Å². The van der Waals surface area contributed by atoms with Crippen LogP contribution in [0.5, 0.6) is 0 Å². The van der Waals surface area contributed by atoms with E-state index in [0.717, 1.165) is 18.9 Å². The van der Waals surface area contributed by atoms with Crippen molar-refractivity contribution in [3.8, 4) is 6.07 Å². The summed E-state index contributed by atoms with van der Waals surface area (Å²) in [7, 11) is 0. The quantitative estimate of drug-likeness (QED) is 0.765. The van der Waals surface area contributed by atoms with Gasteiger partial charge in [0.25, 0.3) is 0 Å². The lowest BCUT2D eigenvalue weighted by Crippen LogP contribution is -2.44. The Bertz CT molecular complexity index is 300. The van der Waals surface area contributed by atoms with Crippen LogP contribution < -0.4 is 5.32 Å². The number of ether oxygens (including phenoxy) is 1. The van der Waals surface area contributed by atoms with Crippen molar-refractivity contribution in [2.45, 2.75) is 84.0 Å². The molecule has 0 aromatic rings. The van der Waals surface area contributed by atoms with Gasteiger partial charge in [0.05, 0.1) is 18.3 Å². The highest BCUT2D eigenvalue weighted by molar-refractivity contribution is 5.04. The van der Waals surface area contributed by atoms with Crippen molar-refractivity contribution in [3.05, 3.63) is 0 Å². The van der Waals surface area contributed by atoms with Gasteiger partial charge < -0.3 is 4.74 Å². The maximum Gasteiger partial charge on any atom is 0.106 e. The highest BCUT2D eigenvalue weighted by Gasteiger charge is 2.28. The molecule has 0 aliphatic heterocycles. The third-order valence-electron chi connectivity index (χ3n) is 4.25. The number of hydrogen-bond donors (Lipinski definition) is 1. The van der Waals surface area contributed by atoms with Gasteiger partial charge in [-0.05, 0) is 39.2 Å². The van der Waals surface area contributed by atoms with Crippen molar-refractivity contribution in [2.75, 3.05) is 6.54 Å². The summed E-state index contributed by atoms with van der Waals surface area (Å²) in [5.74, 6) is 0.835. The van der Waals surface area contributed by atoms with Gasteiger partial charge in [0, 0.05) is 6.42 Å². The molecule has 4 atom stereocenters. The maximum absolute atomic E-state index is 9.28. The van der Waals surface area contributed by atoms with E-state index in [-0.39, 0.29) is 6.10 Å². The molecule has 1 saturated carbocycles. The number of rotatable bonds is 7. The molecule has 0 amide bonds. The fraction of sp³-hybridized carbons (Fsp3) is 0.938. The van der Waals surface area contributed by atoms with E-state index in [9.17, 15) is 5.26 Å². The van der Waals surface area contributed by atoms with Crippen LogP contribution in [0.25, 0.3) is 0 Å². The molecule has 1 N–H and O–H groups in total. The molecule has 1 fully saturated rings. The molecule has 0 aromatic heterocycles. The highest BCUT2D eigenvalue weighted by atomic mass is 16.5. The first-order chi connectivity index (χ1) is 9.03. The highest BCUT2D eigenvalue weighted by Crippen LogP contribution is 2.30. The van der Waals surface area contributed by atoms with Crippen LogP contribution in [0, 0.1) is 17.2 Å². The van der Waals surface area contributed by atoms with Crippen LogP contribution in [-0.4, -0.2) is 24.3 Å². The Kier molecular flexibility index (Phi) is 6.82. The Morgan fingerprint density at radius 3 is 2.74 bits per heavy atom. The lowest BCUT2D eigenvalue weighted by atomic mass is 9.85. The standard InChI is InChI=1S/C16H30N2O/c1-5-14-8-7-9-15(10-14)19-13(3)11-16(4,12-17)18-6-2/h13-15,18H,5-11H2,1-4H3. The lowest BCUT2D eigenvalue weighted by Gasteiger charge is -2.33. The van der Waals surface area contributed by atoms with E-state index in [1.54, 1.807) is 0 Å². The summed E-state index contributed by atoms with van der Waals surface area (Å²) in [5.41, 5.74) is -0.465.